The van der Waals surface area contributed by atoms with E-state index in [9.17, 15) is 0 Å². The zero-order valence-electron chi connectivity index (χ0n) is 5.27. The first kappa shape index (κ1) is 11.8. The number of allylic oxidation sites excluding steroid dienone is 3. The molecule has 9 heavy (non-hydrogen) atoms. The van der Waals surface area contributed by atoms with Crippen LogP contribution in [-0.4, -0.2) is 18.9 Å². The van der Waals surface area contributed by atoms with Crippen molar-refractivity contribution < 1.29 is 0 Å². The molecule has 1 radical (unpaired) electrons. The van der Waals surface area contributed by atoms with Gasteiger partial charge in [-0.3, -0.25) is 0 Å². The molecule has 0 spiro atoms. The van der Waals surface area contributed by atoms with Crippen LogP contribution in [0.25, 0.3) is 0 Å². The molecule has 0 heterocycles. The molecule has 0 nitrogen and oxygen atoms in total. The summed E-state index contributed by atoms with van der Waals surface area (Å²) in [6.45, 7) is 7.28. The average Bonchev–Trinajstić information content (AvgIpc) is 1.81. The molecule has 0 unspecified atom stereocenters. The fraction of sp³-hybridized carbons (Fsp3) is 0.375. The third-order valence-electron chi connectivity index (χ3n) is 0.893. The molecule has 0 rings (SSSR count). The molecule has 1 heteroatoms. The van der Waals surface area contributed by atoms with E-state index in [1.807, 2.05) is 6.08 Å². The third-order valence-corrected chi connectivity index (χ3v) is 0.893. The van der Waals surface area contributed by atoms with Gasteiger partial charge in [-0.1, -0.05) is 38.2 Å². The van der Waals surface area contributed by atoms with Gasteiger partial charge < -0.3 is 0 Å². The zero-order chi connectivity index (χ0) is 6.24. The Morgan fingerprint density at radius 3 is 2.44 bits per heavy atom. The van der Waals surface area contributed by atoms with Crippen molar-refractivity contribution in [2.24, 2.45) is 0 Å². The Balaban J connectivity index is 0. The Kier molecular flexibility index (Phi) is 14.4. The molecule has 0 N–H and O–H groups in total. The molecular weight excluding hydrogens is 103 g/mol. The molecular formula is C8H14Li. The Bertz CT molecular complexity index is 74.6. The topological polar surface area (TPSA) is 0 Å². The molecule has 0 aliphatic heterocycles. The van der Waals surface area contributed by atoms with Gasteiger partial charge in [-0.05, 0) is 12.8 Å². The normalized spacial score (nSPS) is 9.00. The Morgan fingerprint density at radius 1 is 1.33 bits per heavy atom. The number of unbranched alkanes of at least 4 members (excludes halogenated alkanes) is 2. The number of hydrogen-bond acceptors (Lipinski definition) is 0. The Morgan fingerprint density at radius 2 is 2.00 bits per heavy atom. The molecule has 0 saturated carbocycles. The van der Waals surface area contributed by atoms with Crippen molar-refractivity contribution in [1.29, 1.82) is 0 Å². The first-order chi connectivity index (χ1) is 3.91. The average molecular weight is 117 g/mol. The van der Waals surface area contributed by atoms with E-state index in [4.69, 9.17) is 0 Å². The molecule has 0 aliphatic rings. The predicted octanol–water partition coefficient (Wildman–Crippen LogP) is 2.08. The van der Waals surface area contributed by atoms with E-state index in [2.05, 4.69) is 19.6 Å². The summed E-state index contributed by atoms with van der Waals surface area (Å²) in [5, 5.41) is 0. The molecule has 0 aliphatic carbocycles. The summed E-state index contributed by atoms with van der Waals surface area (Å²) in [6, 6.07) is 0. The second-order valence-electron chi connectivity index (χ2n) is 1.66. The van der Waals surface area contributed by atoms with Gasteiger partial charge in [0, 0.05) is 0 Å². The fourth-order valence-electron chi connectivity index (χ4n) is 0.455. The van der Waals surface area contributed by atoms with Crippen LogP contribution in [0.15, 0.2) is 24.8 Å². The maximum absolute atomic E-state index is 3.72. The van der Waals surface area contributed by atoms with E-state index in [1.165, 1.54) is 6.42 Å². The van der Waals surface area contributed by atoms with E-state index in [0.29, 0.717) is 0 Å². The van der Waals surface area contributed by atoms with Crippen molar-refractivity contribution >= 4 is 18.9 Å². The van der Waals surface area contributed by atoms with Gasteiger partial charge in [0.05, 0.1) is 0 Å². The molecule has 0 aromatic heterocycles. The quantitative estimate of drug-likeness (QED) is 0.300. The molecule has 47 valence electrons. The molecule has 0 aromatic rings. The first-order valence-corrected chi connectivity index (χ1v) is 2.98. The van der Waals surface area contributed by atoms with Crippen LogP contribution in [0.2, 0.25) is 0 Å². The van der Waals surface area contributed by atoms with Gasteiger partial charge in [0.15, 0.2) is 0 Å². The summed E-state index contributed by atoms with van der Waals surface area (Å²) in [6.07, 6.45) is 9.22. The third kappa shape index (κ3) is 11.6. The van der Waals surface area contributed by atoms with Gasteiger partial charge in [0.2, 0.25) is 0 Å². The van der Waals surface area contributed by atoms with E-state index in [-0.39, 0.29) is 18.9 Å². The van der Waals surface area contributed by atoms with Gasteiger partial charge in [-0.2, -0.15) is 0 Å². The summed E-state index contributed by atoms with van der Waals surface area (Å²) >= 11 is 0. The van der Waals surface area contributed by atoms with Crippen molar-refractivity contribution in [1.82, 2.24) is 0 Å². The van der Waals surface area contributed by atoms with Crippen LogP contribution < -0.4 is 0 Å². The summed E-state index contributed by atoms with van der Waals surface area (Å²) in [5.41, 5.74) is 0. The standard InChI is InChI=1S/C8H13.Li.H/c1-3-5-7-8-6-4-2;;/h3,5,7H,1-2,4,6,8H2;;. The van der Waals surface area contributed by atoms with Crippen LogP contribution in [0.4, 0.5) is 0 Å². The van der Waals surface area contributed by atoms with Crippen molar-refractivity contribution in [3.05, 3.63) is 31.7 Å². The second kappa shape index (κ2) is 11.0. The van der Waals surface area contributed by atoms with Crippen LogP contribution in [0.5, 0.6) is 0 Å². The molecule has 0 amide bonds. The summed E-state index contributed by atoms with van der Waals surface area (Å²) in [5.74, 6) is 0. The molecule has 0 bridgehead atoms. The number of rotatable bonds is 4. The fourth-order valence-corrected chi connectivity index (χ4v) is 0.455. The van der Waals surface area contributed by atoms with Gasteiger partial charge in [-0.25, -0.2) is 0 Å². The van der Waals surface area contributed by atoms with Gasteiger partial charge in [0.1, 0.15) is 0 Å². The summed E-state index contributed by atoms with van der Waals surface area (Å²) < 4.78 is 0. The van der Waals surface area contributed by atoms with Crippen LogP contribution >= 0.6 is 0 Å². The molecule has 0 fully saturated rings. The van der Waals surface area contributed by atoms with Crippen LogP contribution in [-0.2, 0) is 0 Å². The van der Waals surface area contributed by atoms with Crippen molar-refractivity contribution in [3.8, 4) is 0 Å². The summed E-state index contributed by atoms with van der Waals surface area (Å²) in [4.78, 5) is 0. The van der Waals surface area contributed by atoms with Crippen LogP contribution in [0, 0.1) is 6.92 Å². The van der Waals surface area contributed by atoms with E-state index in [1.54, 1.807) is 6.08 Å². The van der Waals surface area contributed by atoms with E-state index < -0.39 is 0 Å². The molecule has 0 saturated heterocycles. The first-order valence-electron chi connectivity index (χ1n) is 2.98. The number of hydrogen-bond donors (Lipinski definition) is 0. The van der Waals surface area contributed by atoms with Crippen LogP contribution in [0.3, 0.4) is 0 Å². The Labute approximate surface area is 70.2 Å². The van der Waals surface area contributed by atoms with Crippen molar-refractivity contribution in [3.63, 3.8) is 0 Å². The second-order valence-corrected chi connectivity index (χ2v) is 1.66. The minimum absolute atomic E-state index is 0. The van der Waals surface area contributed by atoms with Gasteiger partial charge >= 0.3 is 18.9 Å². The zero-order valence-corrected chi connectivity index (χ0v) is 5.27. The SMILES string of the molecule is [CH2]CCCC=CC=C.[LiH]. The maximum atomic E-state index is 3.72. The molecule has 0 aromatic carbocycles. The van der Waals surface area contributed by atoms with Gasteiger partial charge in [-0.15, -0.1) is 0 Å². The monoisotopic (exact) mass is 117 g/mol. The van der Waals surface area contributed by atoms with Crippen molar-refractivity contribution in [2.45, 2.75) is 19.3 Å². The Hall–Kier alpha value is 0.0774. The van der Waals surface area contributed by atoms with Crippen LogP contribution in [0.1, 0.15) is 19.3 Å². The molecule has 0 atom stereocenters. The van der Waals surface area contributed by atoms with E-state index in [0.717, 1.165) is 12.8 Å². The van der Waals surface area contributed by atoms with Gasteiger partial charge in [0.25, 0.3) is 0 Å². The van der Waals surface area contributed by atoms with Crippen molar-refractivity contribution in [2.75, 3.05) is 0 Å². The van der Waals surface area contributed by atoms with E-state index >= 15 is 0 Å². The predicted molar refractivity (Wildman–Crippen MR) is 45.7 cm³/mol. The minimum atomic E-state index is 0. The summed E-state index contributed by atoms with van der Waals surface area (Å²) in [7, 11) is 0.